The second-order valence-electron chi connectivity index (χ2n) is 4.40. The van der Waals surface area contributed by atoms with Gasteiger partial charge in [-0.1, -0.05) is 17.7 Å². The lowest BCUT2D eigenvalue weighted by Gasteiger charge is -2.16. The molecule has 0 bridgehead atoms. The van der Waals surface area contributed by atoms with Crippen molar-refractivity contribution in [2.45, 2.75) is 6.92 Å². The van der Waals surface area contributed by atoms with E-state index in [1.165, 1.54) is 0 Å². The van der Waals surface area contributed by atoms with Crippen molar-refractivity contribution in [2.75, 3.05) is 7.11 Å². The Hall–Kier alpha value is -2.20. The van der Waals surface area contributed by atoms with Crippen molar-refractivity contribution in [3.8, 4) is 5.75 Å². The van der Waals surface area contributed by atoms with Gasteiger partial charge in [0.2, 0.25) is 0 Å². The van der Waals surface area contributed by atoms with Gasteiger partial charge in [-0.05, 0) is 30.7 Å². The van der Waals surface area contributed by atoms with Gasteiger partial charge in [0.05, 0.1) is 12.8 Å². The van der Waals surface area contributed by atoms with Crippen LogP contribution in [0.3, 0.4) is 0 Å². The van der Waals surface area contributed by atoms with Gasteiger partial charge < -0.3 is 15.8 Å². The standard InChI is InChI=1S/C15H16ClN3O/c1-9-3-4-11(13(7-9)20-2)14(17)10-5-6-19-8-12(10)15(16)18/h3-8,18-19H,17H2,1-2H3/b14-10-,18-15?. The summed E-state index contributed by atoms with van der Waals surface area (Å²) in [6.45, 7) is 1.99. The monoisotopic (exact) mass is 289 g/mol. The highest BCUT2D eigenvalue weighted by molar-refractivity contribution is 6.69. The summed E-state index contributed by atoms with van der Waals surface area (Å²) in [5, 5.41) is 10.4. The van der Waals surface area contributed by atoms with Crippen LogP contribution in [0.25, 0.3) is 5.70 Å². The molecule has 0 saturated heterocycles. The number of rotatable bonds is 3. The molecule has 0 aliphatic carbocycles. The Morgan fingerprint density at radius 3 is 2.80 bits per heavy atom. The molecule has 1 aliphatic heterocycles. The number of nitrogens with one attached hydrogen (secondary N) is 2. The molecule has 1 aliphatic rings. The van der Waals surface area contributed by atoms with E-state index in [0.29, 0.717) is 22.6 Å². The van der Waals surface area contributed by atoms with Crippen molar-refractivity contribution in [1.29, 1.82) is 5.41 Å². The molecule has 0 fully saturated rings. The van der Waals surface area contributed by atoms with Gasteiger partial charge in [-0.25, -0.2) is 0 Å². The van der Waals surface area contributed by atoms with Crippen molar-refractivity contribution in [1.82, 2.24) is 5.32 Å². The number of benzene rings is 1. The quantitative estimate of drug-likeness (QED) is 0.749. The van der Waals surface area contributed by atoms with E-state index in [1.807, 2.05) is 25.1 Å². The Balaban J connectivity index is 2.58. The van der Waals surface area contributed by atoms with Crippen LogP contribution in [0.2, 0.25) is 0 Å². The second kappa shape index (κ2) is 5.84. The molecule has 0 spiro atoms. The highest BCUT2D eigenvalue weighted by Gasteiger charge is 2.16. The maximum atomic E-state index is 7.61. The topological polar surface area (TPSA) is 71.1 Å². The van der Waals surface area contributed by atoms with Crippen LogP contribution in [0.1, 0.15) is 11.1 Å². The Labute approximate surface area is 123 Å². The van der Waals surface area contributed by atoms with Crippen LogP contribution >= 0.6 is 11.6 Å². The van der Waals surface area contributed by atoms with Gasteiger partial charge in [0, 0.05) is 29.1 Å². The Kier molecular flexibility index (Phi) is 4.15. The molecule has 0 atom stereocenters. The minimum Gasteiger partial charge on any atom is -0.496 e. The van der Waals surface area contributed by atoms with E-state index >= 15 is 0 Å². The van der Waals surface area contributed by atoms with Crippen molar-refractivity contribution < 1.29 is 4.74 Å². The smallest absolute Gasteiger partial charge is 0.130 e. The van der Waals surface area contributed by atoms with Crippen molar-refractivity contribution in [3.05, 3.63) is 58.9 Å². The molecule has 4 nitrogen and oxygen atoms in total. The number of allylic oxidation sites excluding steroid dienone is 3. The van der Waals surface area contributed by atoms with Crippen molar-refractivity contribution in [2.24, 2.45) is 5.73 Å². The van der Waals surface area contributed by atoms with Gasteiger partial charge in [-0.3, -0.25) is 5.41 Å². The van der Waals surface area contributed by atoms with Crippen molar-refractivity contribution in [3.63, 3.8) is 0 Å². The van der Waals surface area contributed by atoms with Gasteiger partial charge >= 0.3 is 0 Å². The summed E-state index contributed by atoms with van der Waals surface area (Å²) in [5.41, 5.74) is 9.89. The van der Waals surface area contributed by atoms with Crippen LogP contribution in [0.5, 0.6) is 5.75 Å². The SMILES string of the molecule is COc1cc(C)ccc1/C(N)=C1\C=CNC=C1C(=N)Cl. The molecular formula is C15H16ClN3O. The van der Waals surface area contributed by atoms with Gasteiger partial charge in [-0.15, -0.1) is 0 Å². The fourth-order valence-electron chi connectivity index (χ4n) is 2.01. The van der Waals surface area contributed by atoms with Crippen LogP contribution in [0.15, 0.2) is 47.8 Å². The van der Waals surface area contributed by atoms with E-state index in [2.05, 4.69) is 5.32 Å². The number of ether oxygens (including phenoxy) is 1. The zero-order valence-electron chi connectivity index (χ0n) is 11.3. The maximum Gasteiger partial charge on any atom is 0.130 e. The number of hydrogen-bond donors (Lipinski definition) is 3. The third-order valence-corrected chi connectivity index (χ3v) is 3.24. The summed E-state index contributed by atoms with van der Waals surface area (Å²) in [6, 6.07) is 5.79. The number of dihydropyridines is 1. The highest BCUT2D eigenvalue weighted by atomic mass is 35.5. The molecule has 1 aromatic carbocycles. The van der Waals surface area contributed by atoms with E-state index in [4.69, 9.17) is 27.5 Å². The fraction of sp³-hybridized carbons (Fsp3) is 0.133. The number of nitrogens with two attached hydrogens (primary N) is 1. The normalized spacial score (nSPS) is 16.2. The van der Waals surface area contributed by atoms with Crippen LogP contribution in [0, 0.1) is 12.3 Å². The van der Waals surface area contributed by atoms with Crippen LogP contribution in [-0.2, 0) is 0 Å². The van der Waals surface area contributed by atoms with Gasteiger partial charge in [0.1, 0.15) is 10.9 Å². The summed E-state index contributed by atoms with van der Waals surface area (Å²) in [6.07, 6.45) is 5.19. The molecule has 0 unspecified atom stereocenters. The summed E-state index contributed by atoms with van der Waals surface area (Å²) in [5.74, 6) is 0.697. The predicted molar refractivity (Wildman–Crippen MR) is 82.8 cm³/mol. The fourth-order valence-corrected chi connectivity index (χ4v) is 2.17. The van der Waals surface area contributed by atoms with E-state index in [-0.39, 0.29) is 5.17 Å². The third kappa shape index (κ3) is 2.70. The van der Waals surface area contributed by atoms with Crippen molar-refractivity contribution >= 4 is 22.5 Å². The molecule has 104 valence electrons. The van der Waals surface area contributed by atoms with Crippen LogP contribution < -0.4 is 15.8 Å². The van der Waals surface area contributed by atoms with E-state index in [1.54, 1.807) is 25.6 Å². The molecule has 2 rings (SSSR count). The number of aryl methyl sites for hydroxylation is 1. The second-order valence-corrected chi connectivity index (χ2v) is 4.78. The third-order valence-electron chi connectivity index (χ3n) is 3.04. The number of methoxy groups -OCH3 is 1. The molecule has 1 heterocycles. The molecule has 5 heteroatoms. The maximum absolute atomic E-state index is 7.61. The first-order valence-electron chi connectivity index (χ1n) is 6.07. The summed E-state index contributed by atoms with van der Waals surface area (Å²) in [7, 11) is 1.61. The molecule has 1 aromatic rings. The lowest BCUT2D eigenvalue weighted by molar-refractivity contribution is 0.413. The van der Waals surface area contributed by atoms with Gasteiger partial charge in [-0.2, -0.15) is 0 Å². The molecule has 0 saturated carbocycles. The number of halogens is 1. The zero-order chi connectivity index (χ0) is 14.7. The first kappa shape index (κ1) is 14.2. The van der Waals surface area contributed by atoms with Gasteiger partial charge in [0.25, 0.3) is 0 Å². The van der Waals surface area contributed by atoms with E-state index in [0.717, 1.165) is 11.1 Å². The molecular weight excluding hydrogens is 274 g/mol. The highest BCUT2D eigenvalue weighted by Crippen LogP contribution is 2.30. The Morgan fingerprint density at radius 2 is 2.15 bits per heavy atom. The summed E-state index contributed by atoms with van der Waals surface area (Å²) < 4.78 is 5.37. The molecule has 4 N–H and O–H groups in total. The average Bonchev–Trinajstić information content (AvgIpc) is 2.46. The minimum atomic E-state index is -0.0640. The molecule has 0 aromatic heterocycles. The van der Waals surface area contributed by atoms with E-state index in [9.17, 15) is 0 Å². The average molecular weight is 290 g/mol. The molecule has 20 heavy (non-hydrogen) atoms. The molecule has 0 radical (unpaired) electrons. The predicted octanol–water partition coefficient (Wildman–Crippen LogP) is 2.89. The summed E-state index contributed by atoms with van der Waals surface area (Å²) in [4.78, 5) is 0. The Morgan fingerprint density at radius 1 is 1.40 bits per heavy atom. The Bertz CT molecular complexity index is 645. The van der Waals surface area contributed by atoms with Crippen LogP contribution in [0.4, 0.5) is 0 Å². The summed E-state index contributed by atoms with van der Waals surface area (Å²) >= 11 is 5.80. The first-order valence-corrected chi connectivity index (χ1v) is 6.44. The lowest BCUT2D eigenvalue weighted by Crippen LogP contribution is -2.12. The molecule has 0 amide bonds. The zero-order valence-corrected chi connectivity index (χ0v) is 12.1. The number of hydrogen-bond acceptors (Lipinski definition) is 4. The largest absolute Gasteiger partial charge is 0.496 e. The first-order chi connectivity index (χ1) is 9.54. The van der Waals surface area contributed by atoms with Crippen LogP contribution in [-0.4, -0.2) is 12.3 Å². The lowest BCUT2D eigenvalue weighted by atomic mass is 9.98. The van der Waals surface area contributed by atoms with E-state index < -0.39 is 0 Å². The van der Waals surface area contributed by atoms with Gasteiger partial charge in [0.15, 0.2) is 0 Å². The minimum absolute atomic E-state index is 0.0640.